The first kappa shape index (κ1) is 17.9. The van der Waals surface area contributed by atoms with Crippen LogP contribution in [-0.4, -0.2) is 10.9 Å². The van der Waals surface area contributed by atoms with Crippen LogP contribution < -0.4 is 5.32 Å². The highest BCUT2D eigenvalue weighted by Gasteiger charge is 2.16. The van der Waals surface area contributed by atoms with Gasteiger partial charge in [0.2, 0.25) is 0 Å². The molecule has 1 aromatic heterocycles. The second-order valence-electron chi connectivity index (χ2n) is 6.46. The van der Waals surface area contributed by atoms with Crippen LogP contribution in [0.1, 0.15) is 40.4 Å². The minimum Gasteiger partial charge on any atom is -0.320 e. The molecule has 0 aliphatic carbocycles. The minimum atomic E-state index is -0.0794. The molecule has 3 rings (SSSR count). The van der Waals surface area contributed by atoms with Gasteiger partial charge < -0.3 is 5.32 Å². The molecule has 1 amide bonds. The summed E-state index contributed by atoms with van der Waals surface area (Å²) in [5.41, 5.74) is 5.50. The minimum absolute atomic E-state index is 0.0794. The van der Waals surface area contributed by atoms with E-state index in [2.05, 4.69) is 41.5 Å². The number of aryl methyl sites for hydroxylation is 1. The Morgan fingerprint density at radius 3 is 2.69 bits per heavy atom. The molecule has 0 saturated carbocycles. The zero-order chi connectivity index (χ0) is 18.5. The van der Waals surface area contributed by atoms with E-state index >= 15 is 0 Å². The molecular formula is C23H24N2O. The van der Waals surface area contributed by atoms with Gasteiger partial charge in [-0.05, 0) is 55.5 Å². The van der Waals surface area contributed by atoms with E-state index in [4.69, 9.17) is 0 Å². The molecule has 1 N–H and O–H groups in total. The van der Waals surface area contributed by atoms with Crippen molar-refractivity contribution < 1.29 is 4.79 Å². The molecule has 0 unspecified atom stereocenters. The van der Waals surface area contributed by atoms with Crippen LogP contribution in [0.5, 0.6) is 0 Å². The molecule has 0 aliphatic heterocycles. The van der Waals surface area contributed by atoms with Crippen molar-refractivity contribution in [3.63, 3.8) is 0 Å². The molecule has 26 heavy (non-hydrogen) atoms. The third-order valence-corrected chi connectivity index (χ3v) is 4.67. The van der Waals surface area contributed by atoms with Crippen molar-refractivity contribution in [3.05, 3.63) is 83.1 Å². The molecule has 3 nitrogen and oxygen atoms in total. The van der Waals surface area contributed by atoms with Crippen LogP contribution in [0, 0.1) is 13.8 Å². The molecule has 0 fully saturated rings. The van der Waals surface area contributed by atoms with E-state index in [0.717, 1.165) is 51.7 Å². The van der Waals surface area contributed by atoms with Crippen LogP contribution in [0.15, 0.2) is 60.8 Å². The lowest BCUT2D eigenvalue weighted by Gasteiger charge is -2.15. The highest BCUT2D eigenvalue weighted by Crippen LogP contribution is 2.24. The number of fused-ring (bicyclic) bond motifs is 1. The molecule has 3 heteroatoms. The summed E-state index contributed by atoms with van der Waals surface area (Å²) in [4.78, 5) is 17.5. The van der Waals surface area contributed by atoms with Gasteiger partial charge in [-0.1, -0.05) is 49.4 Å². The van der Waals surface area contributed by atoms with Crippen molar-refractivity contribution in [1.82, 2.24) is 4.98 Å². The van der Waals surface area contributed by atoms with Gasteiger partial charge >= 0.3 is 0 Å². The number of hydrogen-bond acceptors (Lipinski definition) is 2. The van der Waals surface area contributed by atoms with Crippen LogP contribution in [0.2, 0.25) is 0 Å². The van der Waals surface area contributed by atoms with Crippen LogP contribution >= 0.6 is 0 Å². The van der Waals surface area contributed by atoms with E-state index in [1.807, 2.05) is 44.2 Å². The number of rotatable bonds is 5. The highest BCUT2D eigenvalue weighted by atomic mass is 16.1. The van der Waals surface area contributed by atoms with E-state index in [1.54, 1.807) is 6.20 Å². The fourth-order valence-electron chi connectivity index (χ4n) is 3.13. The SMILES string of the molecule is CC/C=C/Cc1ccc(C)c(C)c1C(=O)Nc1cccc2cccnc12. The average Bonchev–Trinajstić information content (AvgIpc) is 2.65. The number of amides is 1. The number of anilines is 1. The topological polar surface area (TPSA) is 42.0 Å². The van der Waals surface area contributed by atoms with Gasteiger partial charge in [0.25, 0.3) is 5.91 Å². The van der Waals surface area contributed by atoms with Crippen molar-refractivity contribution >= 4 is 22.5 Å². The van der Waals surface area contributed by atoms with E-state index in [1.165, 1.54) is 0 Å². The summed E-state index contributed by atoms with van der Waals surface area (Å²) in [6, 6.07) is 13.9. The Labute approximate surface area is 154 Å². The summed E-state index contributed by atoms with van der Waals surface area (Å²) in [6.07, 6.45) is 7.75. The third-order valence-electron chi connectivity index (χ3n) is 4.67. The van der Waals surface area contributed by atoms with Gasteiger partial charge in [-0.2, -0.15) is 0 Å². The van der Waals surface area contributed by atoms with Gasteiger partial charge in [-0.25, -0.2) is 0 Å². The molecule has 1 heterocycles. The molecule has 0 atom stereocenters. The molecule has 0 aliphatic rings. The molecule has 0 spiro atoms. The van der Waals surface area contributed by atoms with E-state index in [9.17, 15) is 4.79 Å². The summed E-state index contributed by atoms with van der Waals surface area (Å²) in [7, 11) is 0. The van der Waals surface area contributed by atoms with Crippen molar-refractivity contribution in [1.29, 1.82) is 0 Å². The smallest absolute Gasteiger partial charge is 0.256 e. The molecule has 0 bridgehead atoms. The Balaban J connectivity index is 1.99. The zero-order valence-corrected chi connectivity index (χ0v) is 15.5. The summed E-state index contributed by atoms with van der Waals surface area (Å²) in [6.45, 7) is 6.16. The average molecular weight is 344 g/mol. The quantitative estimate of drug-likeness (QED) is 0.611. The Bertz CT molecular complexity index is 968. The van der Waals surface area contributed by atoms with Crippen molar-refractivity contribution in [2.45, 2.75) is 33.6 Å². The number of aromatic nitrogens is 1. The number of carbonyl (C=O) groups is 1. The molecule has 3 aromatic rings. The molecule has 2 aromatic carbocycles. The largest absolute Gasteiger partial charge is 0.320 e. The van der Waals surface area contributed by atoms with E-state index in [-0.39, 0.29) is 5.91 Å². The zero-order valence-electron chi connectivity index (χ0n) is 15.5. The van der Waals surface area contributed by atoms with Gasteiger partial charge in [0.1, 0.15) is 0 Å². The number of nitrogens with zero attached hydrogens (tertiary/aromatic N) is 1. The first-order chi connectivity index (χ1) is 12.6. The monoisotopic (exact) mass is 344 g/mol. The predicted octanol–water partition coefficient (Wildman–Crippen LogP) is 5.61. The first-order valence-electron chi connectivity index (χ1n) is 9.01. The number of allylic oxidation sites excluding steroid dienone is 2. The number of nitrogens with one attached hydrogen (secondary N) is 1. The predicted molar refractivity (Wildman–Crippen MR) is 109 cm³/mol. The first-order valence-corrected chi connectivity index (χ1v) is 9.01. The molecule has 0 radical (unpaired) electrons. The van der Waals surface area contributed by atoms with Crippen LogP contribution in [0.3, 0.4) is 0 Å². The van der Waals surface area contributed by atoms with Crippen molar-refractivity contribution in [2.75, 3.05) is 5.32 Å². The van der Waals surface area contributed by atoms with Crippen molar-refractivity contribution in [3.8, 4) is 0 Å². The Hall–Kier alpha value is -2.94. The maximum atomic E-state index is 13.1. The van der Waals surface area contributed by atoms with Crippen LogP contribution in [-0.2, 0) is 6.42 Å². The summed E-state index contributed by atoms with van der Waals surface area (Å²) in [5, 5.41) is 4.09. The fourth-order valence-corrected chi connectivity index (χ4v) is 3.13. The van der Waals surface area contributed by atoms with E-state index < -0.39 is 0 Å². The van der Waals surface area contributed by atoms with Gasteiger partial charge in [0.05, 0.1) is 11.2 Å². The van der Waals surface area contributed by atoms with Gasteiger partial charge in [-0.15, -0.1) is 0 Å². The summed E-state index contributed by atoms with van der Waals surface area (Å²) in [5.74, 6) is -0.0794. The van der Waals surface area contributed by atoms with Crippen molar-refractivity contribution in [2.24, 2.45) is 0 Å². The maximum absolute atomic E-state index is 13.1. The Morgan fingerprint density at radius 2 is 1.88 bits per heavy atom. The van der Waals surface area contributed by atoms with Crippen LogP contribution in [0.25, 0.3) is 10.9 Å². The lowest BCUT2D eigenvalue weighted by atomic mass is 9.95. The van der Waals surface area contributed by atoms with E-state index in [0.29, 0.717) is 0 Å². The van der Waals surface area contributed by atoms with Gasteiger partial charge in [-0.3, -0.25) is 9.78 Å². The molecule has 132 valence electrons. The number of carbonyl (C=O) groups excluding carboxylic acids is 1. The Morgan fingerprint density at radius 1 is 1.08 bits per heavy atom. The lowest BCUT2D eigenvalue weighted by Crippen LogP contribution is -2.17. The number of pyridine rings is 1. The van der Waals surface area contributed by atoms with Gasteiger partial charge in [0.15, 0.2) is 0 Å². The molecular weight excluding hydrogens is 320 g/mol. The third kappa shape index (κ3) is 3.67. The number of hydrogen-bond donors (Lipinski definition) is 1. The standard InChI is InChI=1S/C23H24N2O/c1-4-5-6-9-18-14-13-16(2)17(3)21(18)23(26)25-20-12-7-10-19-11-8-15-24-22(19)20/h5-8,10-15H,4,9H2,1-3H3,(H,25,26)/b6-5+. The fraction of sp³-hybridized carbons (Fsp3) is 0.217. The maximum Gasteiger partial charge on any atom is 0.256 e. The second-order valence-corrected chi connectivity index (χ2v) is 6.46. The second kappa shape index (κ2) is 7.96. The molecule has 0 saturated heterocycles. The number of para-hydroxylation sites is 1. The summed E-state index contributed by atoms with van der Waals surface area (Å²) < 4.78 is 0. The number of benzene rings is 2. The summed E-state index contributed by atoms with van der Waals surface area (Å²) >= 11 is 0. The Kier molecular flexibility index (Phi) is 5.47. The normalized spacial score (nSPS) is 11.2. The van der Waals surface area contributed by atoms with Crippen LogP contribution in [0.4, 0.5) is 5.69 Å². The van der Waals surface area contributed by atoms with Gasteiger partial charge in [0, 0.05) is 17.1 Å². The highest BCUT2D eigenvalue weighted by molar-refractivity contribution is 6.10. The lowest BCUT2D eigenvalue weighted by molar-refractivity contribution is 0.102.